The molecule has 1 saturated heterocycles. The minimum atomic E-state index is -1.62. The Hall–Kier alpha value is -0.430. The number of aliphatic hydroxyl groups excluding tert-OH is 1. The summed E-state index contributed by atoms with van der Waals surface area (Å²) in [7, 11) is -1.51. The van der Waals surface area contributed by atoms with E-state index >= 15 is 0 Å². The van der Waals surface area contributed by atoms with Crippen LogP contribution in [0, 0.1) is 0 Å². The van der Waals surface area contributed by atoms with Crippen LogP contribution < -0.4 is 4.74 Å². The van der Waals surface area contributed by atoms with Crippen LogP contribution in [0.25, 0.3) is 0 Å². The summed E-state index contributed by atoms with van der Waals surface area (Å²) in [6, 6.07) is 6.62. The second kappa shape index (κ2) is 5.91. The third kappa shape index (κ3) is 2.72. The van der Waals surface area contributed by atoms with Gasteiger partial charge in [0.25, 0.3) is 0 Å². The van der Waals surface area contributed by atoms with Crippen molar-refractivity contribution in [3.63, 3.8) is 0 Å². The van der Waals surface area contributed by atoms with Crippen LogP contribution in [0.4, 0.5) is 0 Å². The van der Waals surface area contributed by atoms with E-state index in [0.29, 0.717) is 29.2 Å². The van der Waals surface area contributed by atoms with Gasteiger partial charge in [-0.1, -0.05) is 23.7 Å². The SMILES string of the molecule is COc1ccc([C@@H](O)C2(Cl)S(=O)CCCS2=O)cc1. The summed E-state index contributed by atoms with van der Waals surface area (Å²) in [4.78, 5) is 0. The van der Waals surface area contributed by atoms with Crippen molar-refractivity contribution < 1.29 is 18.3 Å². The fourth-order valence-electron chi connectivity index (χ4n) is 1.94. The third-order valence-electron chi connectivity index (χ3n) is 3.04. The Kier molecular flexibility index (Phi) is 4.66. The van der Waals surface area contributed by atoms with Gasteiger partial charge in [0, 0.05) is 11.5 Å². The number of rotatable bonds is 3. The highest BCUT2D eigenvalue weighted by molar-refractivity contribution is 8.07. The maximum Gasteiger partial charge on any atom is 0.222 e. The van der Waals surface area contributed by atoms with Crippen molar-refractivity contribution in [3.05, 3.63) is 29.8 Å². The van der Waals surface area contributed by atoms with Gasteiger partial charge in [-0.05, 0) is 24.1 Å². The molecule has 1 N–H and O–H groups in total. The normalized spacial score (nSPS) is 32.8. The summed E-state index contributed by atoms with van der Waals surface area (Å²) in [5, 5.41) is 10.4. The van der Waals surface area contributed by atoms with Crippen LogP contribution in [0.2, 0.25) is 0 Å². The maximum absolute atomic E-state index is 12.1. The fourth-order valence-corrected chi connectivity index (χ4v) is 6.18. The van der Waals surface area contributed by atoms with Gasteiger partial charge >= 0.3 is 0 Å². The van der Waals surface area contributed by atoms with Crippen molar-refractivity contribution >= 4 is 33.2 Å². The number of methoxy groups -OCH3 is 1. The molecule has 0 amide bonds. The molecule has 0 radical (unpaired) electrons. The standard InChI is InChI=1S/C12H15ClO4S2/c1-17-10-5-3-9(4-6-10)11(14)12(13)18(15)7-2-8-19(12)16/h3-6,11,14H,2,7-8H2,1H3/t11-,12?,18?,19?/m1/s1. The Morgan fingerprint density at radius 2 is 1.79 bits per heavy atom. The van der Waals surface area contributed by atoms with Gasteiger partial charge in [-0.25, -0.2) is 0 Å². The molecule has 106 valence electrons. The monoisotopic (exact) mass is 322 g/mol. The van der Waals surface area contributed by atoms with Gasteiger partial charge in [0.05, 0.1) is 28.7 Å². The summed E-state index contributed by atoms with van der Waals surface area (Å²) < 4.78 is 27.5. The Balaban J connectivity index is 2.32. The first kappa shape index (κ1) is 15.0. The van der Waals surface area contributed by atoms with E-state index in [1.165, 1.54) is 0 Å². The van der Waals surface area contributed by atoms with E-state index in [-0.39, 0.29) is 0 Å². The highest BCUT2D eigenvalue weighted by Crippen LogP contribution is 2.41. The molecule has 0 bridgehead atoms. The highest BCUT2D eigenvalue weighted by Gasteiger charge is 2.50. The Morgan fingerprint density at radius 3 is 2.26 bits per heavy atom. The van der Waals surface area contributed by atoms with Gasteiger partial charge in [-0.2, -0.15) is 0 Å². The van der Waals surface area contributed by atoms with Crippen molar-refractivity contribution in [1.82, 2.24) is 0 Å². The van der Waals surface area contributed by atoms with Gasteiger partial charge < -0.3 is 9.84 Å². The lowest BCUT2D eigenvalue weighted by molar-refractivity contribution is 0.183. The lowest BCUT2D eigenvalue weighted by atomic mass is 10.1. The van der Waals surface area contributed by atoms with Crippen LogP contribution in [0.15, 0.2) is 24.3 Å². The molecule has 2 rings (SSSR count). The molecule has 1 aliphatic rings. The van der Waals surface area contributed by atoms with E-state index in [2.05, 4.69) is 0 Å². The fraction of sp³-hybridized carbons (Fsp3) is 0.500. The van der Waals surface area contributed by atoms with Crippen molar-refractivity contribution in [3.8, 4) is 5.75 Å². The molecule has 4 nitrogen and oxygen atoms in total. The number of halogens is 1. The Morgan fingerprint density at radius 1 is 1.26 bits per heavy atom. The van der Waals surface area contributed by atoms with Crippen LogP contribution in [-0.2, 0) is 21.6 Å². The molecule has 19 heavy (non-hydrogen) atoms. The molecular formula is C12H15ClO4S2. The van der Waals surface area contributed by atoms with E-state index in [4.69, 9.17) is 16.3 Å². The molecule has 1 aromatic rings. The molecule has 3 atom stereocenters. The van der Waals surface area contributed by atoms with Gasteiger partial charge in [0.1, 0.15) is 11.9 Å². The van der Waals surface area contributed by atoms with Crippen LogP contribution in [0.5, 0.6) is 5.75 Å². The average molecular weight is 323 g/mol. The first-order chi connectivity index (χ1) is 9.00. The number of ether oxygens (including phenoxy) is 1. The van der Waals surface area contributed by atoms with E-state index in [1.807, 2.05) is 0 Å². The minimum absolute atomic E-state index is 0.364. The van der Waals surface area contributed by atoms with Gasteiger partial charge in [0.2, 0.25) is 3.54 Å². The molecule has 0 aliphatic carbocycles. The molecule has 2 unspecified atom stereocenters. The zero-order valence-corrected chi connectivity index (χ0v) is 12.8. The first-order valence-electron chi connectivity index (χ1n) is 5.78. The van der Waals surface area contributed by atoms with Crippen molar-refractivity contribution in [2.45, 2.75) is 16.1 Å². The third-order valence-corrected chi connectivity index (χ3v) is 8.40. The number of hydrogen-bond acceptors (Lipinski definition) is 4. The molecule has 1 aliphatic heterocycles. The van der Waals surface area contributed by atoms with Crippen molar-refractivity contribution in [2.24, 2.45) is 0 Å². The van der Waals surface area contributed by atoms with Crippen LogP contribution >= 0.6 is 11.6 Å². The number of aliphatic hydroxyl groups is 1. The van der Waals surface area contributed by atoms with E-state index in [1.54, 1.807) is 31.4 Å². The molecule has 0 spiro atoms. The van der Waals surface area contributed by atoms with Crippen molar-refractivity contribution in [2.75, 3.05) is 18.6 Å². The topological polar surface area (TPSA) is 63.6 Å². The number of alkyl halides is 1. The van der Waals surface area contributed by atoms with Gasteiger partial charge in [-0.3, -0.25) is 8.42 Å². The van der Waals surface area contributed by atoms with Crippen LogP contribution in [0.1, 0.15) is 18.1 Å². The molecule has 7 heteroatoms. The predicted molar refractivity (Wildman–Crippen MR) is 77.2 cm³/mol. The number of hydrogen-bond donors (Lipinski definition) is 1. The smallest absolute Gasteiger partial charge is 0.222 e. The van der Waals surface area contributed by atoms with Crippen molar-refractivity contribution in [1.29, 1.82) is 0 Å². The summed E-state index contributed by atoms with van der Waals surface area (Å²) in [5.41, 5.74) is 0.486. The summed E-state index contributed by atoms with van der Waals surface area (Å²) in [5.74, 6) is 1.37. The predicted octanol–water partition coefficient (Wildman–Crippen LogP) is 1.52. The number of benzene rings is 1. The van der Waals surface area contributed by atoms with Crippen LogP contribution in [-0.4, -0.2) is 35.7 Å². The molecule has 0 aromatic heterocycles. The largest absolute Gasteiger partial charge is 0.497 e. The lowest BCUT2D eigenvalue weighted by Crippen LogP contribution is -2.45. The zero-order valence-electron chi connectivity index (χ0n) is 10.4. The second-order valence-corrected chi connectivity index (χ2v) is 9.00. The molecule has 1 fully saturated rings. The Bertz CT molecular complexity index is 487. The minimum Gasteiger partial charge on any atom is -0.497 e. The summed E-state index contributed by atoms with van der Waals surface area (Å²) in [6.07, 6.45) is -0.634. The average Bonchev–Trinajstić information content (AvgIpc) is 2.44. The van der Waals surface area contributed by atoms with Gasteiger partial charge in [-0.15, -0.1) is 0 Å². The van der Waals surface area contributed by atoms with Crippen LogP contribution in [0.3, 0.4) is 0 Å². The highest BCUT2D eigenvalue weighted by atomic mass is 35.5. The van der Waals surface area contributed by atoms with E-state index in [9.17, 15) is 13.5 Å². The van der Waals surface area contributed by atoms with E-state index < -0.39 is 31.2 Å². The summed E-state index contributed by atoms with van der Waals surface area (Å²) in [6.45, 7) is 0. The summed E-state index contributed by atoms with van der Waals surface area (Å²) >= 11 is 6.25. The second-order valence-electron chi connectivity index (χ2n) is 4.21. The quantitative estimate of drug-likeness (QED) is 0.857. The first-order valence-corrected chi connectivity index (χ1v) is 8.79. The molecule has 1 heterocycles. The molecular weight excluding hydrogens is 308 g/mol. The maximum atomic E-state index is 12.1. The molecule has 0 saturated carbocycles. The van der Waals surface area contributed by atoms with Gasteiger partial charge in [0.15, 0.2) is 0 Å². The zero-order chi connectivity index (χ0) is 14.0. The van der Waals surface area contributed by atoms with E-state index in [0.717, 1.165) is 0 Å². The lowest BCUT2D eigenvalue weighted by Gasteiger charge is -2.33. The molecule has 1 aromatic carbocycles. The Labute approximate surface area is 122 Å².